The first-order chi connectivity index (χ1) is 8.19. The molecule has 1 aliphatic heterocycles. The van der Waals surface area contributed by atoms with Crippen LogP contribution in [0.1, 0.15) is 12.5 Å². The number of fused-ring (bicyclic) bond motifs is 1. The minimum absolute atomic E-state index is 0.00163. The maximum Gasteiger partial charge on any atom is 0.231 e. The van der Waals surface area contributed by atoms with E-state index in [4.69, 9.17) is 9.47 Å². The topological polar surface area (TPSA) is 47.6 Å². The van der Waals surface area contributed by atoms with E-state index in [2.05, 4.69) is 21.2 Å². The molecule has 1 atom stereocenters. The van der Waals surface area contributed by atoms with E-state index in [1.165, 1.54) is 0 Å². The average molecular weight is 300 g/mol. The summed E-state index contributed by atoms with van der Waals surface area (Å²) in [6, 6.07) is 5.94. The van der Waals surface area contributed by atoms with Gasteiger partial charge in [0.1, 0.15) is 0 Å². The van der Waals surface area contributed by atoms with Crippen molar-refractivity contribution in [1.29, 1.82) is 0 Å². The third-order valence-corrected chi connectivity index (χ3v) is 3.02. The molecule has 0 radical (unpaired) electrons. The molecular formula is C12H14BrNO3. The van der Waals surface area contributed by atoms with Crippen molar-refractivity contribution in [1.82, 2.24) is 5.32 Å². The van der Waals surface area contributed by atoms with E-state index in [1.807, 2.05) is 25.1 Å². The lowest BCUT2D eigenvalue weighted by atomic mass is 10.1. The second-order valence-electron chi connectivity index (χ2n) is 3.99. The van der Waals surface area contributed by atoms with Gasteiger partial charge in [-0.25, -0.2) is 0 Å². The van der Waals surface area contributed by atoms with Crippen LogP contribution in [-0.4, -0.2) is 24.1 Å². The molecule has 0 saturated heterocycles. The predicted octanol–water partition coefficient (Wildman–Crippen LogP) is 1.86. The van der Waals surface area contributed by atoms with E-state index < -0.39 is 0 Å². The van der Waals surface area contributed by atoms with Gasteiger partial charge in [-0.2, -0.15) is 0 Å². The Balaban J connectivity index is 1.97. The second kappa shape index (κ2) is 5.40. The molecule has 17 heavy (non-hydrogen) atoms. The third-order valence-electron chi connectivity index (χ3n) is 2.51. The van der Waals surface area contributed by atoms with E-state index in [1.54, 1.807) is 0 Å². The third kappa shape index (κ3) is 3.12. The number of ether oxygens (including phenoxy) is 2. The maximum atomic E-state index is 11.2. The van der Waals surface area contributed by atoms with Crippen LogP contribution in [0.4, 0.5) is 0 Å². The Morgan fingerprint density at radius 3 is 3.00 bits per heavy atom. The van der Waals surface area contributed by atoms with Gasteiger partial charge in [-0.15, -0.1) is 0 Å². The average Bonchev–Trinajstić information content (AvgIpc) is 2.75. The molecule has 2 rings (SSSR count). The molecule has 5 heteroatoms. The van der Waals surface area contributed by atoms with Gasteiger partial charge in [0.25, 0.3) is 0 Å². The van der Waals surface area contributed by atoms with Crippen LogP contribution in [0.2, 0.25) is 0 Å². The fourth-order valence-corrected chi connectivity index (χ4v) is 1.95. The van der Waals surface area contributed by atoms with Crippen LogP contribution >= 0.6 is 15.9 Å². The van der Waals surface area contributed by atoms with Gasteiger partial charge in [-0.1, -0.05) is 22.0 Å². The van der Waals surface area contributed by atoms with Gasteiger partial charge >= 0.3 is 0 Å². The van der Waals surface area contributed by atoms with Crippen molar-refractivity contribution in [3.63, 3.8) is 0 Å². The van der Waals surface area contributed by atoms with Crippen molar-refractivity contribution in [3.8, 4) is 11.5 Å². The van der Waals surface area contributed by atoms with E-state index in [-0.39, 0.29) is 18.7 Å². The van der Waals surface area contributed by atoms with Crippen LogP contribution < -0.4 is 14.8 Å². The fraction of sp³-hybridized carbons (Fsp3) is 0.417. The molecule has 1 unspecified atom stereocenters. The number of halogens is 1. The number of hydrogen-bond acceptors (Lipinski definition) is 3. The largest absolute Gasteiger partial charge is 0.454 e. The van der Waals surface area contributed by atoms with Crippen LogP contribution in [0.3, 0.4) is 0 Å². The Hall–Kier alpha value is -1.23. The Bertz CT molecular complexity index is 422. The van der Waals surface area contributed by atoms with Crippen molar-refractivity contribution >= 4 is 21.8 Å². The SMILES string of the molecule is CC(Cc1ccc2c(c1)OCO2)NC(=O)CBr. The van der Waals surface area contributed by atoms with E-state index in [9.17, 15) is 4.79 Å². The highest BCUT2D eigenvalue weighted by molar-refractivity contribution is 9.09. The first-order valence-electron chi connectivity index (χ1n) is 5.43. The maximum absolute atomic E-state index is 11.2. The number of carbonyl (C=O) groups excluding carboxylic acids is 1. The summed E-state index contributed by atoms with van der Waals surface area (Å²) in [6.45, 7) is 2.26. The molecule has 0 fully saturated rings. The van der Waals surface area contributed by atoms with Gasteiger partial charge in [0.2, 0.25) is 12.7 Å². The first-order valence-corrected chi connectivity index (χ1v) is 6.55. The zero-order valence-corrected chi connectivity index (χ0v) is 11.1. The number of carbonyl (C=O) groups is 1. The van der Waals surface area contributed by atoms with Crippen LogP contribution in [0.5, 0.6) is 11.5 Å². The highest BCUT2D eigenvalue weighted by Gasteiger charge is 2.14. The molecular weight excluding hydrogens is 286 g/mol. The zero-order valence-electron chi connectivity index (χ0n) is 9.53. The Morgan fingerprint density at radius 2 is 2.24 bits per heavy atom. The summed E-state index contributed by atoms with van der Waals surface area (Å²) in [7, 11) is 0. The molecule has 1 aromatic carbocycles. The predicted molar refractivity (Wildman–Crippen MR) is 67.7 cm³/mol. The molecule has 4 nitrogen and oxygen atoms in total. The van der Waals surface area contributed by atoms with Crippen molar-refractivity contribution in [3.05, 3.63) is 23.8 Å². The fourth-order valence-electron chi connectivity index (χ4n) is 1.79. The summed E-state index contributed by atoms with van der Waals surface area (Å²) in [5, 5.41) is 3.22. The minimum atomic E-state index is -0.00163. The van der Waals surface area contributed by atoms with Crippen molar-refractivity contribution in [2.24, 2.45) is 0 Å². The molecule has 1 aromatic rings. The molecule has 1 heterocycles. The summed E-state index contributed by atoms with van der Waals surface area (Å²) in [5.74, 6) is 1.56. The molecule has 0 aromatic heterocycles. The van der Waals surface area contributed by atoms with Gasteiger partial charge in [-0.05, 0) is 31.0 Å². The summed E-state index contributed by atoms with van der Waals surface area (Å²) in [4.78, 5) is 11.2. The highest BCUT2D eigenvalue weighted by atomic mass is 79.9. The van der Waals surface area contributed by atoms with Gasteiger partial charge in [-0.3, -0.25) is 4.79 Å². The van der Waals surface area contributed by atoms with Crippen molar-refractivity contribution in [2.45, 2.75) is 19.4 Å². The van der Waals surface area contributed by atoms with Gasteiger partial charge in [0.05, 0.1) is 5.33 Å². The highest BCUT2D eigenvalue weighted by Crippen LogP contribution is 2.32. The Kier molecular flexibility index (Phi) is 3.89. The molecule has 92 valence electrons. The molecule has 0 bridgehead atoms. The standard InChI is InChI=1S/C12H14BrNO3/c1-8(14-12(15)6-13)4-9-2-3-10-11(5-9)17-7-16-10/h2-3,5,8H,4,6-7H2,1H3,(H,14,15). The monoisotopic (exact) mass is 299 g/mol. The normalized spacial score (nSPS) is 14.5. The summed E-state index contributed by atoms with van der Waals surface area (Å²) in [5.41, 5.74) is 1.12. The molecule has 0 aliphatic carbocycles. The van der Waals surface area contributed by atoms with Crippen molar-refractivity contribution in [2.75, 3.05) is 12.1 Å². The lowest BCUT2D eigenvalue weighted by molar-refractivity contribution is -0.119. The Morgan fingerprint density at radius 1 is 1.47 bits per heavy atom. The van der Waals surface area contributed by atoms with Crippen LogP contribution in [0.25, 0.3) is 0 Å². The summed E-state index contributed by atoms with van der Waals surface area (Å²) in [6.07, 6.45) is 0.773. The smallest absolute Gasteiger partial charge is 0.231 e. The molecule has 1 N–H and O–H groups in total. The molecule has 0 saturated carbocycles. The minimum Gasteiger partial charge on any atom is -0.454 e. The van der Waals surface area contributed by atoms with Crippen LogP contribution in [0.15, 0.2) is 18.2 Å². The Labute approximate surface area is 108 Å². The lowest BCUT2D eigenvalue weighted by Gasteiger charge is -2.13. The molecule has 0 spiro atoms. The number of amides is 1. The van der Waals surface area contributed by atoms with E-state index in [0.29, 0.717) is 5.33 Å². The number of rotatable bonds is 4. The molecule has 1 aliphatic rings. The van der Waals surface area contributed by atoms with Gasteiger partial charge < -0.3 is 14.8 Å². The van der Waals surface area contributed by atoms with Crippen molar-refractivity contribution < 1.29 is 14.3 Å². The van der Waals surface area contributed by atoms with Crippen LogP contribution in [0, 0.1) is 0 Å². The number of benzene rings is 1. The number of nitrogens with one attached hydrogen (secondary N) is 1. The van der Waals surface area contributed by atoms with Gasteiger partial charge in [0.15, 0.2) is 11.5 Å². The second-order valence-corrected chi connectivity index (χ2v) is 4.55. The summed E-state index contributed by atoms with van der Waals surface area (Å²) < 4.78 is 10.5. The van der Waals surface area contributed by atoms with E-state index in [0.717, 1.165) is 23.5 Å². The zero-order chi connectivity index (χ0) is 12.3. The number of alkyl halides is 1. The number of hydrogen-bond donors (Lipinski definition) is 1. The van der Waals surface area contributed by atoms with E-state index >= 15 is 0 Å². The lowest BCUT2D eigenvalue weighted by Crippen LogP contribution is -2.34. The quantitative estimate of drug-likeness (QED) is 0.863. The first kappa shape index (κ1) is 12.2. The van der Waals surface area contributed by atoms with Crippen LogP contribution in [-0.2, 0) is 11.2 Å². The van der Waals surface area contributed by atoms with Gasteiger partial charge in [0, 0.05) is 6.04 Å². The summed E-state index contributed by atoms with van der Waals surface area (Å²) >= 11 is 3.12. The molecule has 1 amide bonds.